The van der Waals surface area contributed by atoms with Gasteiger partial charge in [0.2, 0.25) is 5.91 Å². The summed E-state index contributed by atoms with van der Waals surface area (Å²) in [6, 6.07) is 7.10. The van der Waals surface area contributed by atoms with Crippen molar-refractivity contribution in [2.75, 3.05) is 13.2 Å². The zero-order valence-electron chi connectivity index (χ0n) is 12.7. The second-order valence-electron chi connectivity index (χ2n) is 5.15. The lowest BCUT2D eigenvalue weighted by Crippen LogP contribution is -2.28. The van der Waals surface area contributed by atoms with Gasteiger partial charge in [0.05, 0.1) is 6.61 Å². The van der Waals surface area contributed by atoms with Gasteiger partial charge in [-0.1, -0.05) is 0 Å². The summed E-state index contributed by atoms with van der Waals surface area (Å²) < 4.78 is 5.52. The number of Topliss-reactive ketones (excluding diaryl/α,β-unsaturated/α-hetero) is 1. The second kappa shape index (κ2) is 9.13. The third-order valence-electron chi connectivity index (χ3n) is 3.00. The first-order valence-electron chi connectivity index (χ1n) is 7.25. The molecule has 0 saturated heterocycles. The van der Waals surface area contributed by atoms with Crippen molar-refractivity contribution >= 4 is 11.7 Å². The van der Waals surface area contributed by atoms with Gasteiger partial charge < -0.3 is 15.8 Å². The molecule has 1 amide bonds. The third kappa shape index (κ3) is 7.46. The first-order valence-corrected chi connectivity index (χ1v) is 7.25. The summed E-state index contributed by atoms with van der Waals surface area (Å²) in [6.45, 7) is 4.53. The highest BCUT2D eigenvalue weighted by Gasteiger charge is 2.03. The summed E-state index contributed by atoms with van der Waals surface area (Å²) in [5.41, 5.74) is 6.26. The molecule has 1 unspecified atom stereocenters. The number of carbonyl (C=O) groups excluding carboxylic acids is 2. The lowest BCUT2D eigenvalue weighted by Gasteiger charge is -2.08. The quantitative estimate of drug-likeness (QED) is 0.538. The second-order valence-corrected chi connectivity index (χ2v) is 5.15. The molecule has 0 aliphatic rings. The van der Waals surface area contributed by atoms with E-state index in [1.165, 1.54) is 6.92 Å². The molecule has 0 aromatic heterocycles. The molecule has 1 atom stereocenters. The molecule has 0 bridgehead atoms. The van der Waals surface area contributed by atoms with Gasteiger partial charge in [-0.3, -0.25) is 9.59 Å². The van der Waals surface area contributed by atoms with Gasteiger partial charge >= 0.3 is 0 Å². The largest absolute Gasteiger partial charge is 0.494 e. The SMILES string of the molecule is CC(=O)c1ccc(OCCCC(=O)NCCC(C)N)cc1. The Hall–Kier alpha value is -1.88. The molecule has 1 rings (SSSR count). The number of nitrogens with two attached hydrogens (primary N) is 1. The van der Waals surface area contributed by atoms with Gasteiger partial charge in [0.15, 0.2) is 5.78 Å². The van der Waals surface area contributed by atoms with Crippen LogP contribution >= 0.6 is 0 Å². The summed E-state index contributed by atoms with van der Waals surface area (Å²) in [6.07, 6.45) is 1.87. The minimum atomic E-state index is 0.0196. The molecular weight excluding hydrogens is 268 g/mol. The van der Waals surface area contributed by atoms with Crippen LogP contribution in [0.3, 0.4) is 0 Å². The summed E-state index contributed by atoms with van der Waals surface area (Å²) in [5.74, 6) is 0.758. The Morgan fingerprint density at radius 2 is 1.95 bits per heavy atom. The average molecular weight is 292 g/mol. The molecule has 5 heteroatoms. The predicted octanol–water partition coefficient (Wildman–Crippen LogP) is 1.90. The number of hydrogen-bond donors (Lipinski definition) is 2. The van der Waals surface area contributed by atoms with Crippen LogP contribution in [0.25, 0.3) is 0 Å². The summed E-state index contributed by atoms with van der Waals surface area (Å²) in [5, 5.41) is 2.82. The molecular formula is C16H24N2O3. The van der Waals surface area contributed by atoms with Gasteiger partial charge in [-0.05, 0) is 51.0 Å². The smallest absolute Gasteiger partial charge is 0.220 e. The molecule has 0 saturated carbocycles. The van der Waals surface area contributed by atoms with Crippen molar-refractivity contribution in [3.63, 3.8) is 0 Å². The summed E-state index contributed by atoms with van der Waals surface area (Å²) >= 11 is 0. The molecule has 0 radical (unpaired) electrons. The molecule has 0 fully saturated rings. The Balaban J connectivity index is 2.16. The minimum absolute atomic E-state index is 0.0196. The third-order valence-corrected chi connectivity index (χ3v) is 3.00. The van der Waals surface area contributed by atoms with Crippen molar-refractivity contribution in [1.82, 2.24) is 5.32 Å². The van der Waals surface area contributed by atoms with E-state index >= 15 is 0 Å². The predicted molar refractivity (Wildman–Crippen MR) is 82.5 cm³/mol. The first kappa shape index (κ1) is 17.2. The molecule has 5 nitrogen and oxygen atoms in total. The minimum Gasteiger partial charge on any atom is -0.494 e. The molecule has 0 aliphatic heterocycles. The number of benzene rings is 1. The van der Waals surface area contributed by atoms with E-state index in [-0.39, 0.29) is 17.7 Å². The summed E-state index contributed by atoms with van der Waals surface area (Å²) in [7, 11) is 0. The van der Waals surface area contributed by atoms with Crippen LogP contribution in [0.1, 0.15) is 43.5 Å². The van der Waals surface area contributed by atoms with E-state index in [4.69, 9.17) is 10.5 Å². The van der Waals surface area contributed by atoms with Crippen LogP contribution in [0, 0.1) is 0 Å². The Labute approximate surface area is 125 Å². The molecule has 0 spiro atoms. The van der Waals surface area contributed by atoms with E-state index in [0.29, 0.717) is 37.3 Å². The van der Waals surface area contributed by atoms with Crippen molar-refractivity contribution in [3.8, 4) is 5.75 Å². The highest BCUT2D eigenvalue weighted by atomic mass is 16.5. The van der Waals surface area contributed by atoms with Gasteiger partial charge in [0, 0.05) is 24.6 Å². The number of ketones is 1. The zero-order chi connectivity index (χ0) is 15.7. The number of hydrogen-bond acceptors (Lipinski definition) is 4. The van der Waals surface area contributed by atoms with E-state index in [0.717, 1.165) is 6.42 Å². The van der Waals surface area contributed by atoms with Gasteiger partial charge in [-0.2, -0.15) is 0 Å². The van der Waals surface area contributed by atoms with Gasteiger partial charge in [-0.15, -0.1) is 0 Å². The highest BCUT2D eigenvalue weighted by molar-refractivity contribution is 5.94. The maximum atomic E-state index is 11.5. The number of nitrogens with one attached hydrogen (secondary N) is 1. The normalized spacial score (nSPS) is 11.8. The van der Waals surface area contributed by atoms with Crippen molar-refractivity contribution < 1.29 is 14.3 Å². The van der Waals surface area contributed by atoms with Gasteiger partial charge in [0.25, 0.3) is 0 Å². The fraction of sp³-hybridized carbons (Fsp3) is 0.500. The number of rotatable bonds is 9. The van der Waals surface area contributed by atoms with Crippen molar-refractivity contribution in [1.29, 1.82) is 0 Å². The topological polar surface area (TPSA) is 81.4 Å². The van der Waals surface area contributed by atoms with Crippen LogP contribution in [-0.2, 0) is 4.79 Å². The van der Waals surface area contributed by atoms with Crippen LogP contribution < -0.4 is 15.8 Å². The number of ether oxygens (including phenoxy) is 1. The molecule has 0 heterocycles. The molecule has 116 valence electrons. The Morgan fingerprint density at radius 1 is 1.29 bits per heavy atom. The van der Waals surface area contributed by atoms with Crippen LogP contribution in [0.5, 0.6) is 5.75 Å². The van der Waals surface area contributed by atoms with E-state index in [1.54, 1.807) is 24.3 Å². The van der Waals surface area contributed by atoms with Crippen molar-refractivity contribution in [2.45, 2.75) is 39.2 Å². The fourth-order valence-corrected chi connectivity index (χ4v) is 1.74. The Morgan fingerprint density at radius 3 is 2.52 bits per heavy atom. The maximum Gasteiger partial charge on any atom is 0.220 e. The molecule has 1 aromatic carbocycles. The number of carbonyl (C=O) groups is 2. The lowest BCUT2D eigenvalue weighted by molar-refractivity contribution is -0.121. The van der Waals surface area contributed by atoms with Crippen molar-refractivity contribution in [2.24, 2.45) is 5.73 Å². The van der Waals surface area contributed by atoms with Gasteiger partial charge in [0.1, 0.15) is 5.75 Å². The fourth-order valence-electron chi connectivity index (χ4n) is 1.74. The standard InChI is InChI=1S/C16H24N2O3/c1-12(17)9-10-18-16(20)4-3-11-21-15-7-5-14(6-8-15)13(2)19/h5-8,12H,3-4,9-11,17H2,1-2H3,(H,18,20). The summed E-state index contributed by atoms with van der Waals surface area (Å²) in [4.78, 5) is 22.6. The van der Waals surface area contributed by atoms with Crippen LogP contribution in [0.2, 0.25) is 0 Å². The monoisotopic (exact) mass is 292 g/mol. The molecule has 0 aliphatic carbocycles. The lowest BCUT2D eigenvalue weighted by atomic mass is 10.1. The zero-order valence-corrected chi connectivity index (χ0v) is 12.7. The Kier molecular flexibility index (Phi) is 7.46. The van der Waals surface area contributed by atoms with Crippen LogP contribution in [-0.4, -0.2) is 30.9 Å². The van der Waals surface area contributed by atoms with Crippen LogP contribution in [0.4, 0.5) is 0 Å². The number of amides is 1. The van der Waals surface area contributed by atoms with E-state index in [1.807, 2.05) is 6.92 Å². The maximum absolute atomic E-state index is 11.5. The highest BCUT2D eigenvalue weighted by Crippen LogP contribution is 2.12. The van der Waals surface area contributed by atoms with Crippen molar-refractivity contribution in [3.05, 3.63) is 29.8 Å². The molecule has 1 aromatic rings. The average Bonchev–Trinajstić information content (AvgIpc) is 2.43. The van der Waals surface area contributed by atoms with E-state index < -0.39 is 0 Å². The van der Waals surface area contributed by atoms with Crippen LogP contribution in [0.15, 0.2) is 24.3 Å². The molecule has 3 N–H and O–H groups in total. The van der Waals surface area contributed by atoms with Gasteiger partial charge in [-0.25, -0.2) is 0 Å². The Bertz CT molecular complexity index is 455. The first-order chi connectivity index (χ1) is 9.99. The van der Waals surface area contributed by atoms with E-state index in [9.17, 15) is 9.59 Å². The van der Waals surface area contributed by atoms with E-state index in [2.05, 4.69) is 5.32 Å². The molecule has 21 heavy (non-hydrogen) atoms.